The minimum absolute atomic E-state index is 0. The zero-order valence-electron chi connectivity index (χ0n) is 13.9. The number of rotatable bonds is 2. The van der Waals surface area contributed by atoms with E-state index >= 15 is 0 Å². The van der Waals surface area contributed by atoms with E-state index in [9.17, 15) is 4.79 Å². The van der Waals surface area contributed by atoms with Crippen LogP contribution < -0.4 is 10.1 Å². The van der Waals surface area contributed by atoms with E-state index in [1.54, 1.807) is 7.11 Å². The Bertz CT molecular complexity index is 768. The average Bonchev–Trinajstić information content (AvgIpc) is 3.14. The number of halogens is 1. The van der Waals surface area contributed by atoms with Crippen molar-refractivity contribution in [2.45, 2.75) is 6.92 Å². The highest BCUT2D eigenvalue weighted by Crippen LogP contribution is 2.29. The Balaban J connectivity index is 0.00000169. The Morgan fingerprint density at radius 1 is 1.25 bits per heavy atom. The molecule has 2 aromatic rings. The third kappa shape index (κ3) is 2.82. The summed E-state index contributed by atoms with van der Waals surface area (Å²) < 4.78 is 5.24. The summed E-state index contributed by atoms with van der Waals surface area (Å²) in [5.74, 6) is 2.11. The van der Waals surface area contributed by atoms with Crippen molar-refractivity contribution < 1.29 is 9.53 Å². The predicted molar refractivity (Wildman–Crippen MR) is 96.0 cm³/mol. The molecule has 1 N–H and O–H groups in total. The van der Waals surface area contributed by atoms with Crippen LogP contribution in [-0.2, 0) is 0 Å². The maximum absolute atomic E-state index is 12.9. The van der Waals surface area contributed by atoms with Gasteiger partial charge in [-0.05, 0) is 37.0 Å². The number of ether oxygens (including phenoxy) is 1. The highest BCUT2D eigenvalue weighted by Gasteiger charge is 2.38. The second kappa shape index (κ2) is 6.57. The van der Waals surface area contributed by atoms with Gasteiger partial charge in [0.2, 0.25) is 0 Å². The van der Waals surface area contributed by atoms with Crippen LogP contribution in [0.15, 0.2) is 24.3 Å². The molecule has 2 aliphatic rings. The number of pyridine rings is 1. The molecule has 5 nitrogen and oxygen atoms in total. The van der Waals surface area contributed by atoms with E-state index in [0.29, 0.717) is 11.8 Å². The van der Waals surface area contributed by atoms with Gasteiger partial charge in [-0.25, -0.2) is 0 Å². The first-order valence-corrected chi connectivity index (χ1v) is 8.11. The van der Waals surface area contributed by atoms with Crippen LogP contribution >= 0.6 is 12.4 Å². The Labute approximate surface area is 147 Å². The van der Waals surface area contributed by atoms with Crippen molar-refractivity contribution in [3.63, 3.8) is 0 Å². The van der Waals surface area contributed by atoms with Crippen molar-refractivity contribution in [1.82, 2.24) is 15.2 Å². The summed E-state index contributed by atoms with van der Waals surface area (Å²) in [6, 6.07) is 7.73. The minimum atomic E-state index is 0. The molecule has 0 unspecified atom stereocenters. The third-order valence-corrected chi connectivity index (χ3v) is 5.12. The molecule has 2 fully saturated rings. The smallest absolute Gasteiger partial charge is 0.255 e. The van der Waals surface area contributed by atoms with E-state index in [4.69, 9.17) is 4.74 Å². The number of nitrogens with zero attached hydrogens (tertiary/aromatic N) is 2. The quantitative estimate of drug-likeness (QED) is 0.905. The molecule has 4 rings (SSSR count). The van der Waals surface area contributed by atoms with Crippen LogP contribution in [0.2, 0.25) is 0 Å². The van der Waals surface area contributed by atoms with Gasteiger partial charge in [-0.2, -0.15) is 0 Å². The highest BCUT2D eigenvalue weighted by molar-refractivity contribution is 5.99. The van der Waals surface area contributed by atoms with Crippen molar-refractivity contribution in [2.24, 2.45) is 11.8 Å². The molecule has 0 aliphatic carbocycles. The Morgan fingerprint density at radius 2 is 1.96 bits per heavy atom. The first kappa shape index (κ1) is 17.0. The molecule has 6 heteroatoms. The molecular formula is C18H22ClN3O2. The summed E-state index contributed by atoms with van der Waals surface area (Å²) in [6.45, 7) is 5.68. The monoisotopic (exact) mass is 347 g/mol. The molecule has 2 saturated heterocycles. The number of fused-ring (bicyclic) bond motifs is 2. The number of aromatic nitrogens is 1. The average molecular weight is 348 g/mol. The summed E-state index contributed by atoms with van der Waals surface area (Å²) >= 11 is 0. The van der Waals surface area contributed by atoms with Crippen LogP contribution in [0.4, 0.5) is 0 Å². The second-order valence-electron chi connectivity index (χ2n) is 6.57. The van der Waals surface area contributed by atoms with Crippen LogP contribution in [0.25, 0.3) is 10.9 Å². The molecule has 2 atom stereocenters. The first-order chi connectivity index (χ1) is 11.2. The van der Waals surface area contributed by atoms with E-state index in [1.165, 1.54) is 0 Å². The summed E-state index contributed by atoms with van der Waals surface area (Å²) in [5, 5.41) is 4.38. The van der Waals surface area contributed by atoms with Gasteiger partial charge in [0.25, 0.3) is 5.91 Å². The molecule has 1 aromatic heterocycles. The molecule has 2 aliphatic heterocycles. The first-order valence-electron chi connectivity index (χ1n) is 8.11. The van der Waals surface area contributed by atoms with Gasteiger partial charge in [0.15, 0.2) is 0 Å². The lowest BCUT2D eigenvalue weighted by atomic mass is 10.0. The van der Waals surface area contributed by atoms with Crippen molar-refractivity contribution >= 4 is 29.2 Å². The fourth-order valence-electron chi connectivity index (χ4n) is 3.78. The minimum Gasteiger partial charge on any atom is -0.497 e. The number of hydrogen-bond donors (Lipinski definition) is 1. The highest BCUT2D eigenvalue weighted by atomic mass is 35.5. The molecule has 24 heavy (non-hydrogen) atoms. The standard InChI is InChI=1S/C18H21N3O2.ClH/c1-11-16(5-12-3-4-15(23-2)6-17(12)20-11)18(22)21-9-13-7-19-8-14(13)10-21;/h3-6,13-14,19H,7-10H2,1-2H3;1H/t13-,14+;. The van der Waals surface area contributed by atoms with E-state index in [2.05, 4.69) is 10.3 Å². The largest absolute Gasteiger partial charge is 0.497 e. The van der Waals surface area contributed by atoms with Gasteiger partial charge in [-0.1, -0.05) is 0 Å². The number of likely N-dealkylation sites (tertiary alicyclic amines) is 1. The van der Waals surface area contributed by atoms with Crippen LogP contribution in [-0.4, -0.2) is 49.1 Å². The number of carbonyl (C=O) groups excluding carboxylic acids is 1. The number of nitrogens with one attached hydrogen (secondary N) is 1. The van der Waals surface area contributed by atoms with Gasteiger partial charge >= 0.3 is 0 Å². The molecule has 1 aromatic carbocycles. The molecule has 0 radical (unpaired) electrons. The summed E-state index contributed by atoms with van der Waals surface area (Å²) in [7, 11) is 1.64. The number of aryl methyl sites for hydroxylation is 1. The van der Waals surface area contributed by atoms with E-state index in [0.717, 1.165) is 54.1 Å². The summed E-state index contributed by atoms with van der Waals surface area (Å²) in [6.07, 6.45) is 0. The molecule has 0 bridgehead atoms. The van der Waals surface area contributed by atoms with Crippen molar-refractivity contribution in [2.75, 3.05) is 33.3 Å². The normalized spacial score (nSPS) is 22.3. The third-order valence-electron chi connectivity index (χ3n) is 5.12. The number of amides is 1. The summed E-state index contributed by atoms with van der Waals surface area (Å²) in [4.78, 5) is 19.5. The van der Waals surface area contributed by atoms with Crippen LogP contribution in [0, 0.1) is 18.8 Å². The molecular weight excluding hydrogens is 326 g/mol. The van der Waals surface area contributed by atoms with Gasteiger partial charge < -0.3 is 15.0 Å². The van der Waals surface area contributed by atoms with E-state index < -0.39 is 0 Å². The summed E-state index contributed by atoms with van der Waals surface area (Å²) in [5.41, 5.74) is 2.36. The van der Waals surface area contributed by atoms with Crippen LogP contribution in [0.5, 0.6) is 5.75 Å². The molecule has 3 heterocycles. The van der Waals surface area contributed by atoms with Crippen molar-refractivity contribution in [3.05, 3.63) is 35.5 Å². The molecule has 128 valence electrons. The van der Waals surface area contributed by atoms with Gasteiger partial charge in [-0.15, -0.1) is 12.4 Å². The lowest BCUT2D eigenvalue weighted by molar-refractivity contribution is 0.0780. The lowest BCUT2D eigenvalue weighted by Gasteiger charge is -2.19. The lowest BCUT2D eigenvalue weighted by Crippen LogP contribution is -2.32. The van der Waals surface area contributed by atoms with Gasteiger partial charge in [0, 0.05) is 37.6 Å². The maximum atomic E-state index is 12.9. The van der Waals surface area contributed by atoms with E-state index in [1.807, 2.05) is 36.1 Å². The van der Waals surface area contributed by atoms with Crippen molar-refractivity contribution in [1.29, 1.82) is 0 Å². The number of benzene rings is 1. The van der Waals surface area contributed by atoms with E-state index in [-0.39, 0.29) is 18.3 Å². The fraction of sp³-hybridized carbons (Fsp3) is 0.444. The number of methoxy groups -OCH3 is 1. The zero-order valence-corrected chi connectivity index (χ0v) is 14.7. The molecule has 0 saturated carbocycles. The molecule has 0 spiro atoms. The predicted octanol–water partition coefficient (Wildman–Crippen LogP) is 2.27. The zero-order chi connectivity index (χ0) is 16.0. The molecule has 1 amide bonds. The maximum Gasteiger partial charge on any atom is 0.255 e. The SMILES string of the molecule is COc1ccc2cc(C(=O)N3C[C@H]4CNC[C@H]4C3)c(C)nc2c1.Cl. The number of hydrogen-bond acceptors (Lipinski definition) is 4. The number of carbonyl (C=O) groups is 1. The topological polar surface area (TPSA) is 54.5 Å². The Hall–Kier alpha value is -1.85. The fourth-order valence-corrected chi connectivity index (χ4v) is 3.78. The van der Waals surface area contributed by atoms with Gasteiger partial charge in [-0.3, -0.25) is 9.78 Å². The Morgan fingerprint density at radius 3 is 2.62 bits per heavy atom. The van der Waals surface area contributed by atoms with Crippen LogP contribution in [0.1, 0.15) is 16.1 Å². The van der Waals surface area contributed by atoms with Gasteiger partial charge in [0.05, 0.1) is 23.9 Å². The van der Waals surface area contributed by atoms with Crippen LogP contribution in [0.3, 0.4) is 0 Å². The second-order valence-corrected chi connectivity index (χ2v) is 6.57. The Kier molecular flexibility index (Phi) is 4.65. The van der Waals surface area contributed by atoms with Crippen molar-refractivity contribution in [3.8, 4) is 5.75 Å². The van der Waals surface area contributed by atoms with Gasteiger partial charge in [0.1, 0.15) is 5.75 Å².